The van der Waals surface area contributed by atoms with Gasteiger partial charge in [-0.25, -0.2) is 13.6 Å². The van der Waals surface area contributed by atoms with Crippen LogP contribution >= 0.6 is 0 Å². The van der Waals surface area contributed by atoms with Gasteiger partial charge in [0.1, 0.15) is 24.0 Å². The molecule has 4 aromatic rings. The van der Waals surface area contributed by atoms with E-state index >= 15 is 0 Å². The molecular formula is C29H27F2N5O3. The maximum atomic E-state index is 14.2. The number of β-amino-alcohol motifs (C(OH)–C–C–N with tert-alkyl or cyclic N) is 1. The number of carbonyl (C=O) groups excluding carboxylic acids is 1. The van der Waals surface area contributed by atoms with Crippen LogP contribution in [0.3, 0.4) is 0 Å². The summed E-state index contributed by atoms with van der Waals surface area (Å²) in [6.07, 6.45) is 1.71. The summed E-state index contributed by atoms with van der Waals surface area (Å²) in [5.74, 6) is -0.574. The average Bonchev–Trinajstić information content (AvgIpc) is 3.09. The first kappa shape index (κ1) is 25.0. The highest BCUT2D eigenvalue weighted by atomic mass is 19.1. The number of imidazole rings is 1. The predicted octanol–water partition coefficient (Wildman–Crippen LogP) is 3.88. The summed E-state index contributed by atoms with van der Waals surface area (Å²) in [5, 5.41) is 11.1. The zero-order chi connectivity index (χ0) is 27.3. The van der Waals surface area contributed by atoms with E-state index in [1.54, 1.807) is 22.9 Å². The van der Waals surface area contributed by atoms with E-state index in [2.05, 4.69) is 4.99 Å². The van der Waals surface area contributed by atoms with Gasteiger partial charge < -0.3 is 25.0 Å². The van der Waals surface area contributed by atoms with E-state index in [1.807, 2.05) is 40.8 Å². The van der Waals surface area contributed by atoms with Gasteiger partial charge in [0.05, 0.1) is 23.2 Å². The van der Waals surface area contributed by atoms with Crippen LogP contribution in [0, 0.1) is 11.6 Å². The molecule has 2 atom stereocenters. The number of primary amides is 1. The standard InChI is InChI=1S/C29H27F2N5O3/c1-34-11-10-25(26(37)15-34)36-24-5-3-2-4-23(24)35(29(36)33-28(32)38)14-22-20-8-6-18(30)12-17(20)16-39-27-13-19(31)7-9-21(22)27/h2-9,12-14,25-26,37H,10-11,15-16H2,1H3,(H2,32,38)/b22-14+,33-29?/t25-,26-/m0/s1. The average molecular weight is 532 g/mol. The minimum Gasteiger partial charge on any atom is -0.488 e. The molecular weight excluding hydrogens is 504 g/mol. The SMILES string of the molecule is CN1CC[C@H](n2c(=NC(N)=O)n(/C=C3\c4ccc(F)cc4COc4cc(F)ccc43)c3ccccc32)[C@@H](O)C1. The monoisotopic (exact) mass is 531 g/mol. The molecule has 6 rings (SSSR count). The maximum absolute atomic E-state index is 14.2. The lowest BCUT2D eigenvalue weighted by Crippen LogP contribution is -2.45. The van der Waals surface area contributed by atoms with Gasteiger partial charge in [-0.2, -0.15) is 4.99 Å². The molecule has 0 unspecified atom stereocenters. The Labute approximate surface area is 222 Å². The number of urea groups is 1. The lowest BCUT2D eigenvalue weighted by Gasteiger charge is -2.34. The number of para-hydroxylation sites is 2. The number of nitrogens with two attached hydrogens (primary N) is 1. The second kappa shape index (κ2) is 9.79. The van der Waals surface area contributed by atoms with E-state index in [9.17, 15) is 18.7 Å². The third-order valence-corrected chi connectivity index (χ3v) is 7.36. The number of aliphatic hydroxyl groups excluding tert-OH is 1. The molecule has 1 fully saturated rings. The number of aromatic nitrogens is 2. The van der Waals surface area contributed by atoms with Gasteiger partial charge in [0.2, 0.25) is 5.62 Å². The number of aliphatic hydroxyl groups is 1. The minimum absolute atomic E-state index is 0.0492. The van der Waals surface area contributed by atoms with Crippen LogP contribution in [0.15, 0.2) is 65.7 Å². The molecule has 10 heteroatoms. The predicted molar refractivity (Wildman–Crippen MR) is 143 cm³/mol. The van der Waals surface area contributed by atoms with Crippen molar-refractivity contribution in [3.05, 3.63) is 94.6 Å². The number of fused-ring (bicyclic) bond motifs is 3. The second-order valence-corrected chi connectivity index (χ2v) is 9.94. The molecule has 200 valence electrons. The van der Waals surface area contributed by atoms with Crippen LogP contribution in [0.4, 0.5) is 13.6 Å². The van der Waals surface area contributed by atoms with Crippen molar-refractivity contribution in [3.8, 4) is 5.75 Å². The molecule has 2 aliphatic heterocycles. The first-order chi connectivity index (χ1) is 18.8. The summed E-state index contributed by atoms with van der Waals surface area (Å²) in [7, 11) is 1.95. The number of hydrogen-bond acceptors (Lipinski definition) is 4. The minimum atomic E-state index is -0.886. The maximum Gasteiger partial charge on any atom is 0.341 e. The van der Waals surface area contributed by atoms with Gasteiger partial charge in [-0.05, 0) is 55.4 Å². The Hall–Kier alpha value is -4.28. The molecule has 3 N–H and O–H groups in total. The summed E-state index contributed by atoms with van der Waals surface area (Å²) >= 11 is 0. The molecule has 0 saturated carbocycles. The molecule has 1 aromatic heterocycles. The molecule has 8 nitrogen and oxygen atoms in total. The summed E-state index contributed by atoms with van der Waals surface area (Å²) < 4.78 is 37.9. The molecule has 0 spiro atoms. The zero-order valence-electron chi connectivity index (χ0n) is 21.2. The quantitative estimate of drug-likeness (QED) is 0.410. The van der Waals surface area contributed by atoms with Gasteiger partial charge in [0, 0.05) is 42.1 Å². The Morgan fingerprint density at radius 1 is 1.08 bits per heavy atom. The Morgan fingerprint density at radius 2 is 1.79 bits per heavy atom. The van der Waals surface area contributed by atoms with Crippen molar-refractivity contribution in [2.24, 2.45) is 10.7 Å². The normalized spacial score (nSPS) is 20.9. The number of likely N-dealkylation sites (tertiary alicyclic amines) is 1. The summed E-state index contributed by atoms with van der Waals surface area (Å²) in [4.78, 5) is 18.5. The van der Waals surface area contributed by atoms with Crippen molar-refractivity contribution in [1.29, 1.82) is 0 Å². The van der Waals surface area contributed by atoms with Crippen molar-refractivity contribution >= 4 is 28.8 Å². The zero-order valence-corrected chi connectivity index (χ0v) is 21.2. The van der Waals surface area contributed by atoms with E-state index in [0.29, 0.717) is 46.5 Å². The van der Waals surface area contributed by atoms with Crippen LogP contribution in [0.5, 0.6) is 5.75 Å². The number of piperidine rings is 1. The molecule has 1 saturated heterocycles. The number of nitrogens with zero attached hydrogens (tertiary/aromatic N) is 4. The first-order valence-corrected chi connectivity index (χ1v) is 12.7. The van der Waals surface area contributed by atoms with Crippen LogP contribution in [0.2, 0.25) is 0 Å². The van der Waals surface area contributed by atoms with Gasteiger partial charge in [0.15, 0.2) is 0 Å². The van der Waals surface area contributed by atoms with E-state index in [1.165, 1.54) is 24.3 Å². The molecule has 3 aromatic carbocycles. The smallest absolute Gasteiger partial charge is 0.341 e. The van der Waals surface area contributed by atoms with E-state index in [4.69, 9.17) is 10.5 Å². The fourth-order valence-electron chi connectivity index (χ4n) is 5.59. The lowest BCUT2D eigenvalue weighted by atomic mass is 9.95. The van der Waals surface area contributed by atoms with Crippen LogP contribution in [-0.2, 0) is 6.61 Å². The Morgan fingerprint density at radius 3 is 2.54 bits per heavy atom. The number of amides is 2. The molecule has 39 heavy (non-hydrogen) atoms. The second-order valence-electron chi connectivity index (χ2n) is 9.94. The Bertz CT molecular complexity index is 1650. The van der Waals surface area contributed by atoms with Gasteiger partial charge in [-0.1, -0.05) is 18.2 Å². The van der Waals surface area contributed by atoms with Crippen LogP contribution in [0.25, 0.3) is 22.8 Å². The van der Waals surface area contributed by atoms with Crippen LogP contribution < -0.4 is 16.1 Å². The highest BCUT2D eigenvalue weighted by Crippen LogP contribution is 2.38. The third kappa shape index (κ3) is 4.51. The number of halogens is 2. The van der Waals surface area contributed by atoms with Crippen molar-refractivity contribution < 1.29 is 23.4 Å². The fraction of sp³-hybridized carbons (Fsp3) is 0.241. The summed E-state index contributed by atoms with van der Waals surface area (Å²) in [6.45, 7) is 1.26. The topological polar surface area (TPSA) is 98.0 Å². The van der Waals surface area contributed by atoms with Crippen LogP contribution in [0.1, 0.15) is 29.2 Å². The molecule has 2 aliphatic rings. The number of carbonyl (C=O) groups is 1. The van der Waals surface area contributed by atoms with Gasteiger partial charge in [-0.3, -0.25) is 4.57 Å². The van der Waals surface area contributed by atoms with E-state index < -0.39 is 23.8 Å². The van der Waals surface area contributed by atoms with Crippen molar-refractivity contribution in [1.82, 2.24) is 14.0 Å². The first-order valence-electron chi connectivity index (χ1n) is 12.7. The van der Waals surface area contributed by atoms with Crippen molar-refractivity contribution in [2.45, 2.75) is 25.2 Å². The summed E-state index contributed by atoms with van der Waals surface area (Å²) in [5.41, 5.74) is 9.79. The van der Waals surface area contributed by atoms with E-state index in [-0.39, 0.29) is 18.3 Å². The number of hydrogen-bond donors (Lipinski definition) is 2. The lowest BCUT2D eigenvalue weighted by molar-refractivity contribution is 0.0379. The molecule has 2 amide bonds. The molecule has 0 bridgehead atoms. The molecule has 0 aliphatic carbocycles. The Balaban J connectivity index is 1.68. The van der Waals surface area contributed by atoms with Crippen molar-refractivity contribution in [2.75, 3.05) is 20.1 Å². The number of rotatable bonds is 2. The number of likely N-dealkylation sites (N-methyl/N-ethyl adjacent to an activating group) is 1. The van der Waals surface area contributed by atoms with Gasteiger partial charge in [0.25, 0.3) is 0 Å². The fourth-order valence-corrected chi connectivity index (χ4v) is 5.59. The van der Waals surface area contributed by atoms with Crippen LogP contribution in [-0.4, -0.2) is 51.4 Å². The van der Waals surface area contributed by atoms with Gasteiger partial charge >= 0.3 is 6.03 Å². The highest BCUT2D eigenvalue weighted by molar-refractivity contribution is 5.93. The number of benzene rings is 3. The Kier molecular flexibility index (Phi) is 6.28. The van der Waals surface area contributed by atoms with Crippen molar-refractivity contribution in [3.63, 3.8) is 0 Å². The largest absolute Gasteiger partial charge is 0.488 e. The summed E-state index contributed by atoms with van der Waals surface area (Å²) in [6, 6.07) is 14.9. The molecule has 0 radical (unpaired) electrons. The third-order valence-electron chi connectivity index (χ3n) is 7.36. The van der Waals surface area contributed by atoms with E-state index in [0.717, 1.165) is 12.1 Å². The number of ether oxygens (including phenoxy) is 1. The molecule has 3 heterocycles. The highest BCUT2D eigenvalue weighted by Gasteiger charge is 2.31. The van der Waals surface area contributed by atoms with Gasteiger partial charge in [-0.15, -0.1) is 0 Å².